The first-order valence-corrected chi connectivity index (χ1v) is 13.3. The van der Waals surface area contributed by atoms with Crippen molar-refractivity contribution in [3.63, 3.8) is 0 Å². The van der Waals surface area contributed by atoms with Crippen LogP contribution in [0, 0.1) is 13.8 Å². The molecule has 2 aromatic carbocycles. The van der Waals surface area contributed by atoms with Gasteiger partial charge in [-0.3, -0.25) is 4.79 Å². The van der Waals surface area contributed by atoms with Crippen LogP contribution < -0.4 is 21.3 Å². The van der Waals surface area contributed by atoms with Crippen LogP contribution in [-0.4, -0.2) is 45.8 Å². The second-order valence-corrected chi connectivity index (χ2v) is 10.1. The van der Waals surface area contributed by atoms with Crippen LogP contribution in [0.1, 0.15) is 51.5 Å². The van der Waals surface area contributed by atoms with Crippen LogP contribution in [0.3, 0.4) is 0 Å². The molecule has 2 aromatic heterocycles. The molecule has 0 aliphatic carbocycles. The lowest BCUT2D eigenvalue weighted by Gasteiger charge is -2.24. The number of rotatable bonds is 7. The highest BCUT2D eigenvalue weighted by molar-refractivity contribution is 6.04. The van der Waals surface area contributed by atoms with E-state index in [-0.39, 0.29) is 11.5 Å². The number of nitrogens with one attached hydrogen (secondary N) is 4. The van der Waals surface area contributed by atoms with Crippen molar-refractivity contribution < 1.29 is 18.0 Å². The van der Waals surface area contributed by atoms with Crippen molar-refractivity contribution in [3.8, 4) is 5.82 Å². The Hall–Kier alpha value is -4.45. The number of nitrogens with zero attached hydrogens (tertiary/aromatic N) is 4. The molecule has 41 heavy (non-hydrogen) atoms. The number of carbonyl (C=O) groups is 1. The van der Waals surface area contributed by atoms with Crippen LogP contribution in [0.4, 0.5) is 36.2 Å². The summed E-state index contributed by atoms with van der Waals surface area (Å²) in [4.78, 5) is 21.7. The largest absolute Gasteiger partial charge is 0.416 e. The maximum atomic E-state index is 13.7. The molecule has 1 saturated heterocycles. The highest BCUT2D eigenvalue weighted by Gasteiger charge is 2.33. The minimum absolute atomic E-state index is 0.0266. The quantitative estimate of drug-likeness (QED) is 0.225. The molecular weight excluding hydrogens is 533 g/mol. The van der Waals surface area contributed by atoms with E-state index < -0.39 is 17.6 Å². The fraction of sp³-hybridized carbons (Fsp3) is 0.310. The second kappa shape index (κ2) is 11.6. The molecule has 9 nitrogen and oxygen atoms in total. The third kappa shape index (κ3) is 6.49. The lowest BCUT2D eigenvalue weighted by atomic mass is 9.88. The molecule has 4 aromatic rings. The van der Waals surface area contributed by atoms with Crippen LogP contribution in [0.2, 0.25) is 0 Å². The van der Waals surface area contributed by atoms with Crippen LogP contribution in [0.15, 0.2) is 54.9 Å². The maximum Gasteiger partial charge on any atom is 0.416 e. The van der Waals surface area contributed by atoms with Gasteiger partial charge in [0.05, 0.1) is 11.3 Å². The first-order chi connectivity index (χ1) is 19.6. The monoisotopic (exact) mass is 564 g/mol. The third-order valence-electron chi connectivity index (χ3n) is 7.07. The number of hydrogen-bond acceptors (Lipinski definition) is 7. The van der Waals surface area contributed by atoms with Gasteiger partial charge < -0.3 is 21.3 Å². The Labute approximate surface area is 235 Å². The molecule has 1 fully saturated rings. The van der Waals surface area contributed by atoms with Crippen molar-refractivity contribution in [2.45, 2.75) is 38.8 Å². The van der Waals surface area contributed by atoms with Crippen molar-refractivity contribution >= 4 is 28.9 Å². The van der Waals surface area contributed by atoms with Crippen LogP contribution >= 0.6 is 0 Å². The zero-order valence-corrected chi connectivity index (χ0v) is 22.9. The Morgan fingerprint density at radius 3 is 2.54 bits per heavy atom. The maximum absolute atomic E-state index is 13.7. The molecule has 12 heteroatoms. The van der Waals surface area contributed by atoms with Gasteiger partial charge in [-0.2, -0.15) is 23.0 Å². The lowest BCUT2D eigenvalue weighted by molar-refractivity contribution is -0.137. The molecule has 214 valence electrons. The number of hydrogen-bond donors (Lipinski definition) is 4. The Bertz CT molecular complexity index is 1560. The Balaban J connectivity index is 1.41. The summed E-state index contributed by atoms with van der Waals surface area (Å²) in [7, 11) is 1.76. The minimum Gasteiger partial charge on any atom is -0.373 e. The standard InChI is InChI=1S/C29H31F3N8O/c1-17-4-5-23(14-24(17)38-27-10-18(2)39-40(27)26-15-25(33-3)35-16-36-26)37-28(41)21-11-20(19-6-8-34-9-7-19)12-22(13-21)29(30,31)32/h4-5,10-16,19,34,38H,6-9H2,1-3H3,(H,37,41)(H,33,35,36). The summed E-state index contributed by atoms with van der Waals surface area (Å²) in [5.41, 5.74) is 2.46. The predicted octanol–water partition coefficient (Wildman–Crippen LogP) is 5.80. The summed E-state index contributed by atoms with van der Waals surface area (Å²) in [6, 6.07) is 12.5. The minimum atomic E-state index is -4.56. The first-order valence-electron chi connectivity index (χ1n) is 13.3. The van der Waals surface area contributed by atoms with Crippen LogP contribution in [0.5, 0.6) is 0 Å². The molecule has 4 N–H and O–H groups in total. The van der Waals surface area contributed by atoms with Crippen molar-refractivity contribution in [3.05, 3.63) is 82.8 Å². The van der Waals surface area contributed by atoms with E-state index in [0.29, 0.717) is 34.4 Å². The van der Waals surface area contributed by atoms with Gasteiger partial charge in [0.25, 0.3) is 5.91 Å². The summed E-state index contributed by atoms with van der Waals surface area (Å²) in [6.45, 7) is 5.23. The van der Waals surface area contributed by atoms with Crippen molar-refractivity contribution in [2.24, 2.45) is 0 Å². The molecule has 0 atom stereocenters. The summed E-state index contributed by atoms with van der Waals surface area (Å²) >= 11 is 0. The number of halogens is 3. The molecule has 0 spiro atoms. The number of piperidine rings is 1. The van der Waals surface area contributed by atoms with E-state index in [1.807, 2.05) is 26.0 Å². The van der Waals surface area contributed by atoms with E-state index in [4.69, 9.17) is 0 Å². The van der Waals surface area contributed by atoms with E-state index in [1.165, 1.54) is 12.4 Å². The normalized spacial score (nSPS) is 14.1. The Kier molecular flexibility index (Phi) is 7.93. The zero-order chi connectivity index (χ0) is 29.1. The van der Waals surface area contributed by atoms with Gasteiger partial charge in [0, 0.05) is 36.1 Å². The highest BCUT2D eigenvalue weighted by Crippen LogP contribution is 2.35. The van der Waals surface area contributed by atoms with Gasteiger partial charge in [0.15, 0.2) is 5.82 Å². The van der Waals surface area contributed by atoms with Crippen LogP contribution in [0.25, 0.3) is 5.82 Å². The van der Waals surface area contributed by atoms with Gasteiger partial charge in [-0.1, -0.05) is 6.07 Å². The lowest BCUT2D eigenvalue weighted by Crippen LogP contribution is -2.27. The van der Waals surface area contributed by atoms with Crippen LogP contribution in [-0.2, 0) is 6.18 Å². The summed E-state index contributed by atoms with van der Waals surface area (Å²) in [5, 5.41) is 16.9. The molecule has 5 rings (SSSR count). The van der Waals surface area contributed by atoms with Gasteiger partial charge in [-0.05, 0) is 87.2 Å². The molecule has 0 unspecified atom stereocenters. The van der Waals surface area contributed by atoms with E-state index >= 15 is 0 Å². The molecular formula is C29H31F3N8O. The topological polar surface area (TPSA) is 109 Å². The highest BCUT2D eigenvalue weighted by atomic mass is 19.4. The van der Waals surface area contributed by atoms with Gasteiger partial charge in [0.2, 0.25) is 0 Å². The van der Waals surface area contributed by atoms with Gasteiger partial charge >= 0.3 is 6.18 Å². The zero-order valence-electron chi connectivity index (χ0n) is 22.9. The van der Waals surface area contributed by atoms with Gasteiger partial charge in [-0.25, -0.2) is 9.97 Å². The molecule has 1 amide bonds. The number of aryl methyl sites for hydroxylation is 2. The smallest absolute Gasteiger partial charge is 0.373 e. The molecule has 0 radical (unpaired) electrons. The van der Waals surface area contributed by atoms with Gasteiger partial charge in [0.1, 0.15) is 18.0 Å². The summed E-state index contributed by atoms with van der Waals surface area (Å²) < 4.78 is 42.9. The number of carbonyl (C=O) groups excluding carboxylic acids is 1. The number of amides is 1. The number of anilines is 4. The van der Waals surface area contributed by atoms with E-state index in [2.05, 4.69) is 36.3 Å². The number of aromatic nitrogens is 4. The van der Waals surface area contributed by atoms with E-state index in [1.54, 1.807) is 36.0 Å². The summed E-state index contributed by atoms with van der Waals surface area (Å²) in [5.74, 6) is 1.18. The molecule has 1 aliphatic rings. The van der Waals surface area contributed by atoms with E-state index in [0.717, 1.165) is 43.3 Å². The third-order valence-corrected chi connectivity index (χ3v) is 7.07. The van der Waals surface area contributed by atoms with Crippen molar-refractivity contribution in [1.29, 1.82) is 0 Å². The Morgan fingerprint density at radius 2 is 1.80 bits per heavy atom. The fourth-order valence-corrected chi connectivity index (χ4v) is 4.88. The molecule has 0 saturated carbocycles. The SMILES string of the molecule is CNc1cc(-n2nc(C)cc2Nc2cc(NC(=O)c3cc(C4CCNCC4)cc(C(F)(F)F)c3)ccc2C)ncn1. The average molecular weight is 565 g/mol. The second-order valence-electron chi connectivity index (χ2n) is 10.1. The number of alkyl halides is 3. The van der Waals surface area contributed by atoms with E-state index in [9.17, 15) is 18.0 Å². The van der Waals surface area contributed by atoms with Gasteiger partial charge in [-0.15, -0.1) is 0 Å². The fourth-order valence-electron chi connectivity index (χ4n) is 4.88. The van der Waals surface area contributed by atoms with Crippen molar-refractivity contribution in [1.82, 2.24) is 25.1 Å². The molecule has 0 bridgehead atoms. The Morgan fingerprint density at radius 1 is 1.02 bits per heavy atom. The molecule has 3 heterocycles. The average Bonchev–Trinajstić information content (AvgIpc) is 3.34. The number of benzene rings is 2. The predicted molar refractivity (Wildman–Crippen MR) is 152 cm³/mol. The summed E-state index contributed by atoms with van der Waals surface area (Å²) in [6.07, 6.45) is -1.68. The van der Waals surface area contributed by atoms with Crippen molar-refractivity contribution in [2.75, 3.05) is 36.1 Å². The first kappa shape index (κ1) is 28.1. The molecule has 1 aliphatic heterocycles.